The van der Waals surface area contributed by atoms with Crippen molar-refractivity contribution in [3.63, 3.8) is 0 Å². The van der Waals surface area contributed by atoms with Crippen molar-refractivity contribution in [3.05, 3.63) is 134 Å². The lowest BCUT2D eigenvalue weighted by atomic mass is 10.0. The van der Waals surface area contributed by atoms with Gasteiger partial charge in [-0.2, -0.15) is 0 Å². The molecular weight excluding hydrogens is 997 g/mol. The van der Waals surface area contributed by atoms with Crippen LogP contribution in [0, 0.1) is 0 Å². The van der Waals surface area contributed by atoms with Gasteiger partial charge in [0, 0.05) is 19.3 Å². The highest BCUT2D eigenvalue weighted by Crippen LogP contribution is 2.16. The summed E-state index contributed by atoms with van der Waals surface area (Å²) < 4.78 is 16.8. The van der Waals surface area contributed by atoms with E-state index in [9.17, 15) is 14.4 Å². The van der Waals surface area contributed by atoms with E-state index in [4.69, 9.17) is 14.2 Å². The van der Waals surface area contributed by atoms with E-state index in [2.05, 4.69) is 154 Å². The second-order valence-electron chi connectivity index (χ2n) is 22.0. The third-order valence-electron chi connectivity index (χ3n) is 14.1. The van der Waals surface area contributed by atoms with Crippen LogP contribution in [-0.2, 0) is 28.6 Å². The fraction of sp³-hybridized carbons (Fsp3) is 0.667. The molecule has 460 valence electrons. The Kier molecular flexibility index (Phi) is 64.3. The molecule has 6 nitrogen and oxygen atoms in total. The summed E-state index contributed by atoms with van der Waals surface area (Å²) in [7, 11) is 0. The van der Waals surface area contributed by atoms with Crippen LogP contribution in [0.2, 0.25) is 0 Å². The molecule has 1 atom stereocenters. The van der Waals surface area contributed by atoms with E-state index in [1.807, 2.05) is 0 Å². The van der Waals surface area contributed by atoms with E-state index < -0.39 is 6.10 Å². The number of carbonyl (C=O) groups excluding carboxylic acids is 3. The van der Waals surface area contributed by atoms with Gasteiger partial charge in [0.1, 0.15) is 13.2 Å². The Morgan fingerprint density at radius 1 is 0.259 bits per heavy atom. The van der Waals surface area contributed by atoms with Gasteiger partial charge >= 0.3 is 17.9 Å². The lowest BCUT2D eigenvalue weighted by Crippen LogP contribution is -2.30. The molecule has 0 heterocycles. The van der Waals surface area contributed by atoms with Crippen molar-refractivity contribution in [1.29, 1.82) is 0 Å². The Balaban J connectivity index is 4.31. The highest BCUT2D eigenvalue weighted by molar-refractivity contribution is 5.71. The molecule has 0 aromatic carbocycles. The van der Waals surface area contributed by atoms with Gasteiger partial charge in [0.05, 0.1) is 0 Å². The van der Waals surface area contributed by atoms with Gasteiger partial charge in [-0.05, 0) is 128 Å². The molecule has 6 heteroatoms. The summed E-state index contributed by atoms with van der Waals surface area (Å²) in [6.45, 7) is 6.33. The minimum absolute atomic E-state index is 0.116. The van der Waals surface area contributed by atoms with E-state index in [1.165, 1.54) is 148 Å². The van der Waals surface area contributed by atoms with Gasteiger partial charge in [0.25, 0.3) is 0 Å². The molecule has 0 aliphatic carbocycles. The first kappa shape index (κ1) is 76.5. The van der Waals surface area contributed by atoms with Gasteiger partial charge in [-0.1, -0.05) is 289 Å². The quantitative estimate of drug-likeness (QED) is 0.0261. The molecule has 0 amide bonds. The second kappa shape index (κ2) is 68.1. The number of hydrogen-bond acceptors (Lipinski definition) is 6. The van der Waals surface area contributed by atoms with Crippen molar-refractivity contribution in [3.8, 4) is 0 Å². The zero-order valence-electron chi connectivity index (χ0n) is 52.8. The number of carbonyl (C=O) groups is 3. The molecule has 0 fully saturated rings. The summed E-state index contributed by atoms with van der Waals surface area (Å²) in [6.07, 6.45) is 96.4. The highest BCUT2D eigenvalue weighted by Gasteiger charge is 2.19. The van der Waals surface area contributed by atoms with Crippen LogP contribution in [0.1, 0.15) is 303 Å². The van der Waals surface area contributed by atoms with Crippen molar-refractivity contribution in [2.75, 3.05) is 13.2 Å². The monoisotopic (exact) mass is 1120 g/mol. The Morgan fingerprint density at radius 3 is 0.815 bits per heavy atom. The van der Waals surface area contributed by atoms with Crippen LogP contribution < -0.4 is 0 Å². The summed E-state index contributed by atoms with van der Waals surface area (Å²) >= 11 is 0. The standard InChI is InChI=1S/C75H124O6/c1-4-7-10-13-16-19-22-25-28-30-31-32-33-34-35-36-37-38-39-40-41-42-43-45-47-50-53-56-59-62-65-68-74(77)80-71-72(70-79-73(76)67-64-61-58-55-52-49-46-27-24-21-18-15-12-9-6-3)81-75(78)69-66-63-60-57-54-51-48-44-29-26-23-20-17-14-11-8-5-2/h8-9,11-12,17-18,20-22,25-27,29-31,46,48,51-52,55,57,60,72H,4-7,10,13-16,19,23-24,28,32-45,47,49-50,53-54,56,58-59,61-71H2,1-3H3/b11-8-,12-9-,20-17-,21-18-,25-22-,29-26-,31-30-,46-27-,51-48-,55-52-,60-57-. The number of esters is 3. The van der Waals surface area contributed by atoms with Gasteiger partial charge < -0.3 is 14.2 Å². The van der Waals surface area contributed by atoms with Gasteiger partial charge in [-0.25, -0.2) is 0 Å². The van der Waals surface area contributed by atoms with E-state index in [0.717, 1.165) is 103 Å². The third kappa shape index (κ3) is 66.2. The molecule has 0 saturated carbocycles. The van der Waals surface area contributed by atoms with Crippen LogP contribution >= 0.6 is 0 Å². The average molecular weight is 1120 g/mol. The van der Waals surface area contributed by atoms with Crippen molar-refractivity contribution in [1.82, 2.24) is 0 Å². The molecule has 0 radical (unpaired) electrons. The number of unbranched alkanes of at least 4 members (excludes halogenated alkanes) is 27. The summed E-state index contributed by atoms with van der Waals surface area (Å²) in [5.41, 5.74) is 0. The fourth-order valence-corrected chi connectivity index (χ4v) is 9.15. The van der Waals surface area contributed by atoms with E-state index in [-0.39, 0.29) is 37.5 Å². The van der Waals surface area contributed by atoms with Crippen molar-refractivity contribution in [2.24, 2.45) is 0 Å². The Morgan fingerprint density at radius 2 is 0.494 bits per heavy atom. The molecule has 0 aliphatic rings. The Bertz CT molecular complexity index is 1720. The molecular formula is C75H124O6. The summed E-state index contributed by atoms with van der Waals surface area (Å²) in [4.78, 5) is 38.3. The van der Waals surface area contributed by atoms with Crippen LogP contribution in [0.15, 0.2) is 134 Å². The Hall–Kier alpha value is -4.45. The van der Waals surface area contributed by atoms with Gasteiger partial charge in [-0.15, -0.1) is 0 Å². The van der Waals surface area contributed by atoms with Crippen molar-refractivity contribution < 1.29 is 28.6 Å². The van der Waals surface area contributed by atoms with E-state index in [1.54, 1.807) is 0 Å². The van der Waals surface area contributed by atoms with Gasteiger partial charge in [0.15, 0.2) is 6.10 Å². The Labute approximate surface area is 500 Å². The van der Waals surface area contributed by atoms with Crippen LogP contribution in [0.25, 0.3) is 0 Å². The van der Waals surface area contributed by atoms with Crippen LogP contribution in [-0.4, -0.2) is 37.2 Å². The number of rotatable bonds is 60. The second-order valence-corrected chi connectivity index (χ2v) is 22.0. The number of hydrogen-bond donors (Lipinski definition) is 0. The molecule has 0 rings (SSSR count). The lowest BCUT2D eigenvalue weighted by Gasteiger charge is -2.18. The molecule has 81 heavy (non-hydrogen) atoms. The van der Waals surface area contributed by atoms with Crippen molar-refractivity contribution >= 4 is 17.9 Å². The first-order valence-electron chi connectivity index (χ1n) is 33.7. The smallest absolute Gasteiger partial charge is 0.306 e. The molecule has 0 aromatic rings. The zero-order valence-corrected chi connectivity index (χ0v) is 52.8. The highest BCUT2D eigenvalue weighted by atomic mass is 16.6. The first-order valence-corrected chi connectivity index (χ1v) is 33.7. The molecule has 0 spiro atoms. The third-order valence-corrected chi connectivity index (χ3v) is 14.1. The topological polar surface area (TPSA) is 78.9 Å². The molecule has 0 bridgehead atoms. The van der Waals surface area contributed by atoms with E-state index >= 15 is 0 Å². The van der Waals surface area contributed by atoms with Gasteiger partial charge in [-0.3, -0.25) is 14.4 Å². The normalized spacial score (nSPS) is 13.0. The largest absolute Gasteiger partial charge is 0.462 e. The molecule has 1 unspecified atom stereocenters. The van der Waals surface area contributed by atoms with Crippen LogP contribution in [0.5, 0.6) is 0 Å². The minimum Gasteiger partial charge on any atom is -0.462 e. The van der Waals surface area contributed by atoms with Gasteiger partial charge in [0.2, 0.25) is 0 Å². The number of ether oxygens (including phenoxy) is 3. The summed E-state index contributed by atoms with van der Waals surface area (Å²) in [6, 6.07) is 0. The molecule has 0 aromatic heterocycles. The van der Waals surface area contributed by atoms with Crippen LogP contribution in [0.4, 0.5) is 0 Å². The summed E-state index contributed by atoms with van der Waals surface area (Å²) in [5, 5.41) is 0. The van der Waals surface area contributed by atoms with Crippen molar-refractivity contribution in [2.45, 2.75) is 309 Å². The predicted molar refractivity (Wildman–Crippen MR) is 353 cm³/mol. The number of allylic oxidation sites excluding steroid dienone is 22. The van der Waals surface area contributed by atoms with Crippen LogP contribution in [0.3, 0.4) is 0 Å². The maximum atomic E-state index is 12.9. The zero-order chi connectivity index (χ0) is 58.5. The molecule has 0 N–H and O–H groups in total. The fourth-order valence-electron chi connectivity index (χ4n) is 9.15. The molecule has 0 saturated heterocycles. The maximum absolute atomic E-state index is 12.9. The SMILES string of the molecule is CC/C=C\C/C=C\C/C=C\C/C=C\C/C=C\CCCC(=O)OC(COC(=O)CCCC/C=C\C/C=C\C/C=C\C/C=C\CC)COC(=O)CCCCCCCCCCCCCCCCCCCCC/C=C\C/C=C\CCCCCCC. The molecule has 0 aliphatic heterocycles. The summed E-state index contributed by atoms with van der Waals surface area (Å²) in [5.74, 6) is -1.01. The van der Waals surface area contributed by atoms with E-state index in [0.29, 0.717) is 25.7 Å². The lowest BCUT2D eigenvalue weighted by molar-refractivity contribution is -0.167. The maximum Gasteiger partial charge on any atom is 0.306 e. The first-order chi connectivity index (χ1) is 40.0. The predicted octanol–water partition coefficient (Wildman–Crippen LogP) is 23.3. The average Bonchev–Trinajstić information content (AvgIpc) is 3.47. The minimum atomic E-state index is -0.830.